The summed E-state index contributed by atoms with van der Waals surface area (Å²) in [4.78, 5) is 47.2. The van der Waals surface area contributed by atoms with Crippen molar-refractivity contribution >= 4 is 11.9 Å². The second kappa shape index (κ2) is 9.97. The Balaban J connectivity index is 1.85. The molecule has 0 radical (unpaired) electrons. The number of rotatable bonds is 7. The van der Waals surface area contributed by atoms with Gasteiger partial charge in [0.1, 0.15) is 11.6 Å². The highest BCUT2D eigenvalue weighted by atomic mass is 16.5. The van der Waals surface area contributed by atoms with Crippen molar-refractivity contribution in [3.63, 3.8) is 0 Å². The summed E-state index contributed by atoms with van der Waals surface area (Å²) in [5, 5.41) is 0. The molecule has 1 aromatic heterocycles. The summed E-state index contributed by atoms with van der Waals surface area (Å²) in [7, 11) is 1.60. The van der Waals surface area contributed by atoms with Crippen molar-refractivity contribution in [1.29, 1.82) is 0 Å². The van der Waals surface area contributed by atoms with Crippen molar-refractivity contribution < 1.29 is 19.1 Å². The smallest absolute Gasteiger partial charge is 0.314 e. The molecule has 0 aliphatic carbocycles. The van der Waals surface area contributed by atoms with Gasteiger partial charge in [0, 0.05) is 24.3 Å². The number of methoxy groups -OCH3 is 1. The molecular weight excluding hydrogens is 410 g/mol. The Labute approximate surface area is 188 Å². The average molecular weight is 442 g/mol. The second-order valence-electron chi connectivity index (χ2n) is 8.34. The molecule has 3 rings (SSSR count). The van der Waals surface area contributed by atoms with Crippen molar-refractivity contribution in [1.82, 2.24) is 14.9 Å². The van der Waals surface area contributed by atoms with Crippen LogP contribution in [-0.4, -0.2) is 53.6 Å². The van der Waals surface area contributed by atoms with Gasteiger partial charge in [-0.15, -0.1) is 0 Å². The van der Waals surface area contributed by atoms with Gasteiger partial charge in [-0.2, -0.15) is 0 Å². The number of nitrogens with zero attached hydrogens (tertiary/aromatic N) is 2. The van der Waals surface area contributed by atoms with Crippen LogP contribution in [0.3, 0.4) is 0 Å². The van der Waals surface area contributed by atoms with Gasteiger partial charge in [0.2, 0.25) is 5.91 Å². The number of piperidine rings is 1. The van der Waals surface area contributed by atoms with Crippen LogP contribution in [0.1, 0.15) is 42.4 Å². The minimum Gasteiger partial charge on any atom is -0.497 e. The molecule has 0 spiro atoms. The Morgan fingerprint density at radius 1 is 1.28 bits per heavy atom. The second-order valence-corrected chi connectivity index (χ2v) is 8.34. The number of amides is 1. The first kappa shape index (κ1) is 23.5. The van der Waals surface area contributed by atoms with Gasteiger partial charge in [-0.25, -0.2) is 4.98 Å². The number of esters is 1. The van der Waals surface area contributed by atoms with Gasteiger partial charge in [-0.1, -0.05) is 12.1 Å². The summed E-state index contributed by atoms with van der Waals surface area (Å²) in [6.45, 7) is 6.27. The lowest BCUT2D eigenvalue weighted by Crippen LogP contribution is -2.52. The van der Waals surface area contributed by atoms with Crippen LogP contribution in [0.4, 0.5) is 0 Å². The first-order valence-corrected chi connectivity index (χ1v) is 10.9. The number of H-pyrrole nitrogens is 1. The van der Waals surface area contributed by atoms with E-state index in [1.807, 2.05) is 24.3 Å². The van der Waals surface area contributed by atoms with Crippen LogP contribution in [0.15, 0.2) is 29.1 Å². The quantitative estimate of drug-likeness (QED) is 0.662. The monoisotopic (exact) mass is 441 g/mol. The van der Waals surface area contributed by atoms with E-state index in [2.05, 4.69) is 9.97 Å². The summed E-state index contributed by atoms with van der Waals surface area (Å²) in [6, 6.07) is 7.60. The molecule has 8 nitrogen and oxygen atoms in total. The number of hydrogen-bond acceptors (Lipinski definition) is 6. The van der Waals surface area contributed by atoms with Crippen LogP contribution in [0.25, 0.3) is 0 Å². The van der Waals surface area contributed by atoms with E-state index in [9.17, 15) is 14.4 Å². The van der Waals surface area contributed by atoms with E-state index in [4.69, 9.17) is 9.47 Å². The SMILES string of the molecule is CCOC(=O)[C@]1(Cc2cccc(OC)c2)CCCN(C(=O)Cc2c(C)nc(C)[nH]c2=O)C1. The number of likely N-dealkylation sites (tertiary alicyclic amines) is 1. The molecule has 0 bridgehead atoms. The fourth-order valence-electron chi connectivity index (χ4n) is 4.41. The molecule has 1 aliphatic heterocycles. The van der Waals surface area contributed by atoms with E-state index >= 15 is 0 Å². The molecule has 0 saturated carbocycles. The molecule has 1 saturated heterocycles. The lowest BCUT2D eigenvalue weighted by molar-refractivity contribution is -0.160. The number of nitrogens with one attached hydrogen (secondary N) is 1. The molecular formula is C24H31N3O5. The molecule has 0 unspecified atom stereocenters. The fourth-order valence-corrected chi connectivity index (χ4v) is 4.41. The maximum atomic E-state index is 13.2. The van der Waals surface area contributed by atoms with E-state index in [1.54, 1.807) is 32.8 Å². The van der Waals surface area contributed by atoms with E-state index in [0.29, 0.717) is 48.6 Å². The molecule has 1 aliphatic rings. The van der Waals surface area contributed by atoms with Crippen molar-refractivity contribution in [2.24, 2.45) is 5.41 Å². The third-order valence-corrected chi connectivity index (χ3v) is 5.98. The molecule has 172 valence electrons. The molecule has 1 aromatic carbocycles. The molecule has 2 heterocycles. The van der Waals surface area contributed by atoms with Gasteiger partial charge in [-0.05, 0) is 57.7 Å². The molecule has 2 aromatic rings. The number of aromatic nitrogens is 2. The Bertz CT molecular complexity index is 1050. The van der Waals surface area contributed by atoms with Gasteiger partial charge in [0.05, 0.1) is 25.6 Å². The summed E-state index contributed by atoms with van der Waals surface area (Å²) < 4.78 is 10.8. The number of carbonyl (C=O) groups excluding carboxylic acids is 2. The summed E-state index contributed by atoms with van der Waals surface area (Å²) in [5.41, 5.74) is 0.712. The predicted octanol–water partition coefficient (Wildman–Crippen LogP) is 2.35. The van der Waals surface area contributed by atoms with Gasteiger partial charge in [0.15, 0.2) is 0 Å². The van der Waals surface area contributed by atoms with Gasteiger partial charge in [-0.3, -0.25) is 14.4 Å². The number of aryl methyl sites for hydroxylation is 2. The topological polar surface area (TPSA) is 102 Å². The molecule has 1 atom stereocenters. The summed E-state index contributed by atoms with van der Waals surface area (Å²) >= 11 is 0. The third kappa shape index (κ3) is 5.18. The molecule has 8 heteroatoms. The van der Waals surface area contributed by atoms with E-state index in [1.165, 1.54) is 0 Å². The maximum Gasteiger partial charge on any atom is 0.314 e. The first-order valence-electron chi connectivity index (χ1n) is 10.9. The van der Waals surface area contributed by atoms with Crippen LogP contribution in [0.2, 0.25) is 0 Å². The maximum absolute atomic E-state index is 13.2. The van der Waals surface area contributed by atoms with Gasteiger partial charge in [0.25, 0.3) is 5.56 Å². The van der Waals surface area contributed by atoms with Gasteiger partial charge >= 0.3 is 5.97 Å². The van der Waals surface area contributed by atoms with Crippen molar-refractivity contribution in [2.75, 3.05) is 26.8 Å². The predicted molar refractivity (Wildman–Crippen MR) is 120 cm³/mol. The standard InChI is InChI=1S/C24H31N3O5/c1-5-32-23(30)24(14-18-8-6-9-19(12-18)31-4)10-7-11-27(15-24)21(28)13-20-16(2)25-17(3)26-22(20)29/h6,8-9,12H,5,7,10-11,13-15H2,1-4H3,(H,25,26,29)/t24-/m0/s1. The lowest BCUT2D eigenvalue weighted by atomic mass is 9.75. The van der Waals surface area contributed by atoms with E-state index in [0.717, 1.165) is 5.56 Å². The van der Waals surface area contributed by atoms with Crippen LogP contribution < -0.4 is 10.3 Å². The minimum absolute atomic E-state index is 0.0491. The average Bonchev–Trinajstić information content (AvgIpc) is 2.76. The Hall–Kier alpha value is -3.16. The molecule has 1 fully saturated rings. The van der Waals surface area contributed by atoms with Crippen molar-refractivity contribution in [3.05, 3.63) is 57.3 Å². The number of carbonyl (C=O) groups is 2. The van der Waals surface area contributed by atoms with Crippen molar-refractivity contribution in [2.45, 2.75) is 46.5 Å². The third-order valence-electron chi connectivity index (χ3n) is 5.98. The zero-order valence-corrected chi connectivity index (χ0v) is 19.2. The Morgan fingerprint density at radius 2 is 2.06 bits per heavy atom. The highest BCUT2D eigenvalue weighted by Crippen LogP contribution is 2.36. The number of ether oxygens (including phenoxy) is 2. The van der Waals surface area contributed by atoms with Crippen molar-refractivity contribution in [3.8, 4) is 5.75 Å². The highest BCUT2D eigenvalue weighted by molar-refractivity contribution is 5.82. The zero-order valence-electron chi connectivity index (χ0n) is 19.2. The lowest BCUT2D eigenvalue weighted by Gasteiger charge is -2.41. The largest absolute Gasteiger partial charge is 0.497 e. The van der Waals surface area contributed by atoms with Crippen LogP contribution in [0, 0.1) is 19.3 Å². The van der Waals surface area contributed by atoms with Gasteiger partial charge < -0.3 is 19.4 Å². The Morgan fingerprint density at radius 3 is 2.75 bits per heavy atom. The van der Waals surface area contributed by atoms with Crippen LogP contribution in [-0.2, 0) is 27.2 Å². The molecule has 32 heavy (non-hydrogen) atoms. The molecule has 1 amide bonds. The van der Waals surface area contributed by atoms with E-state index in [-0.39, 0.29) is 37.0 Å². The van der Waals surface area contributed by atoms with E-state index < -0.39 is 5.41 Å². The Kier molecular flexibility index (Phi) is 7.33. The highest BCUT2D eigenvalue weighted by Gasteiger charge is 2.44. The number of benzene rings is 1. The zero-order chi connectivity index (χ0) is 23.3. The van der Waals surface area contributed by atoms with Crippen LogP contribution in [0.5, 0.6) is 5.75 Å². The number of aromatic amines is 1. The first-order chi connectivity index (χ1) is 15.3. The minimum atomic E-state index is -0.844. The summed E-state index contributed by atoms with van der Waals surface area (Å²) in [6.07, 6.45) is 1.69. The fraction of sp³-hybridized carbons (Fsp3) is 0.500. The normalized spacial score (nSPS) is 18.3. The number of hydrogen-bond donors (Lipinski definition) is 1. The molecule has 1 N–H and O–H groups in total. The van der Waals surface area contributed by atoms with Crippen LogP contribution >= 0.6 is 0 Å². The summed E-state index contributed by atoms with van der Waals surface area (Å²) in [5.74, 6) is 0.739.